The van der Waals surface area contributed by atoms with Gasteiger partial charge in [0, 0.05) is 8.07 Å². The molecule has 0 heterocycles. The van der Waals surface area contributed by atoms with Crippen LogP contribution in [0.15, 0.2) is 12.2 Å². The third kappa shape index (κ3) is 1.81. The molecule has 100 valence electrons. The summed E-state index contributed by atoms with van der Waals surface area (Å²) in [5.41, 5.74) is 0.336. The van der Waals surface area contributed by atoms with Gasteiger partial charge in [-0.2, -0.15) is 0 Å². The van der Waals surface area contributed by atoms with Crippen molar-refractivity contribution in [2.24, 2.45) is 23.7 Å². The highest BCUT2D eigenvalue weighted by Crippen LogP contribution is 2.59. The predicted molar refractivity (Wildman–Crippen MR) is 69.8 cm³/mol. The Labute approximate surface area is 108 Å². The van der Waals surface area contributed by atoms with E-state index in [4.69, 9.17) is 4.74 Å². The Kier molecular flexibility index (Phi) is 3.13. The number of hydrogen-bond acceptors (Lipinski definition) is 3. The zero-order valence-electron chi connectivity index (χ0n) is 11.2. The first-order valence-corrected chi connectivity index (χ1v) is 9.85. The van der Waals surface area contributed by atoms with Crippen molar-refractivity contribution < 1.29 is 19.4 Å². The van der Waals surface area contributed by atoms with Gasteiger partial charge >= 0.3 is 11.9 Å². The number of aliphatic carboxylic acids is 1. The number of carboxylic acid groups (broad SMARTS) is 1. The summed E-state index contributed by atoms with van der Waals surface area (Å²) in [7, 11) is -0.176. The van der Waals surface area contributed by atoms with Crippen LogP contribution in [0.3, 0.4) is 0 Å². The summed E-state index contributed by atoms with van der Waals surface area (Å²) in [6.07, 6.45) is 4.04. The smallest absolute Gasteiger partial charge is 0.310 e. The second-order valence-corrected chi connectivity index (χ2v) is 11.7. The summed E-state index contributed by atoms with van der Waals surface area (Å²) >= 11 is 0. The maximum atomic E-state index is 11.9. The van der Waals surface area contributed by atoms with Crippen molar-refractivity contribution in [1.29, 1.82) is 0 Å². The summed E-state index contributed by atoms with van der Waals surface area (Å²) in [5.74, 6) is -2.30. The Morgan fingerprint density at radius 2 is 1.61 bits per heavy atom. The number of ether oxygens (including phenoxy) is 1. The van der Waals surface area contributed by atoms with Gasteiger partial charge in [-0.25, -0.2) is 0 Å². The van der Waals surface area contributed by atoms with E-state index >= 15 is 0 Å². The monoisotopic (exact) mass is 268 g/mol. The van der Waals surface area contributed by atoms with Gasteiger partial charge in [-0.05, 0) is 17.4 Å². The molecule has 5 heteroatoms. The molecule has 5 atom stereocenters. The summed E-state index contributed by atoms with van der Waals surface area (Å²) in [6, 6.07) is 0. The van der Waals surface area contributed by atoms with Gasteiger partial charge in [0.25, 0.3) is 0 Å². The van der Waals surface area contributed by atoms with Crippen LogP contribution >= 0.6 is 0 Å². The van der Waals surface area contributed by atoms with Gasteiger partial charge in [0.1, 0.15) is 0 Å². The highest BCUT2D eigenvalue weighted by Gasteiger charge is 2.60. The molecule has 0 unspecified atom stereocenters. The van der Waals surface area contributed by atoms with Crippen LogP contribution in [-0.2, 0) is 14.3 Å². The van der Waals surface area contributed by atoms with Crippen molar-refractivity contribution in [2.75, 3.05) is 7.11 Å². The standard InChI is InChI=1S/C13H20O4Si/c1-17-13(16)10-8-6-5-7(9(10)12(14)15)11(8)18(2,3)4/h5-11H,1-4H3,(H,14,15)/t7-,8+,9-,10+,11-/m0/s1. The Hall–Kier alpha value is -1.10. The highest BCUT2D eigenvalue weighted by molar-refractivity contribution is 6.77. The first kappa shape index (κ1) is 13.3. The molecule has 2 aliphatic rings. The van der Waals surface area contributed by atoms with Crippen LogP contribution in [0.1, 0.15) is 0 Å². The predicted octanol–water partition coefficient (Wildman–Crippen LogP) is 2.00. The van der Waals surface area contributed by atoms with Gasteiger partial charge in [-0.3, -0.25) is 9.59 Å². The third-order valence-electron chi connectivity index (χ3n) is 4.36. The number of allylic oxidation sites excluding steroid dienone is 2. The number of carbonyl (C=O) groups excluding carboxylic acids is 1. The van der Waals surface area contributed by atoms with Crippen LogP contribution in [0.5, 0.6) is 0 Å². The first-order chi connectivity index (χ1) is 8.29. The van der Waals surface area contributed by atoms with Gasteiger partial charge in [0.05, 0.1) is 18.9 Å². The number of rotatable bonds is 3. The lowest BCUT2D eigenvalue weighted by atomic mass is 9.83. The molecule has 0 aromatic rings. The molecule has 18 heavy (non-hydrogen) atoms. The van der Waals surface area contributed by atoms with Gasteiger partial charge in [-0.1, -0.05) is 31.8 Å². The maximum Gasteiger partial charge on any atom is 0.310 e. The SMILES string of the molecule is COC(=O)[C@@H]1[C@H]2C=C[C@@H]([C@@H]1C(=O)O)[C@@H]2[Si](C)(C)C. The molecule has 2 rings (SSSR count). The number of hydrogen-bond donors (Lipinski definition) is 1. The van der Waals surface area contributed by atoms with Crippen molar-refractivity contribution in [3.63, 3.8) is 0 Å². The minimum Gasteiger partial charge on any atom is -0.481 e. The van der Waals surface area contributed by atoms with Crippen LogP contribution in [-0.4, -0.2) is 32.2 Å². The van der Waals surface area contributed by atoms with E-state index in [1.165, 1.54) is 7.11 Å². The first-order valence-electron chi connectivity index (χ1n) is 6.28. The number of esters is 1. The maximum absolute atomic E-state index is 11.9. The van der Waals surface area contributed by atoms with Crippen LogP contribution in [0, 0.1) is 23.7 Å². The Bertz CT molecular complexity index is 410. The Morgan fingerprint density at radius 3 is 2.00 bits per heavy atom. The van der Waals surface area contributed by atoms with E-state index in [0.29, 0.717) is 5.54 Å². The van der Waals surface area contributed by atoms with Crippen LogP contribution < -0.4 is 0 Å². The van der Waals surface area contributed by atoms with E-state index in [1.807, 2.05) is 12.2 Å². The topological polar surface area (TPSA) is 63.6 Å². The normalized spacial score (nSPS) is 37.9. The summed E-state index contributed by atoms with van der Waals surface area (Å²) < 4.78 is 4.81. The van der Waals surface area contributed by atoms with E-state index < -0.39 is 25.9 Å². The highest BCUT2D eigenvalue weighted by atomic mass is 28.3. The zero-order chi connectivity index (χ0) is 13.7. The fraction of sp³-hybridized carbons (Fsp3) is 0.692. The molecule has 0 saturated heterocycles. The molecule has 1 fully saturated rings. The number of carboxylic acids is 1. The molecule has 2 aliphatic carbocycles. The van der Waals surface area contributed by atoms with E-state index in [0.717, 1.165) is 0 Å². The molecule has 0 aromatic carbocycles. The second-order valence-electron chi connectivity index (χ2n) is 6.34. The van der Waals surface area contributed by atoms with Crippen molar-refractivity contribution >= 4 is 20.0 Å². The van der Waals surface area contributed by atoms with Gasteiger partial charge in [0.2, 0.25) is 0 Å². The lowest BCUT2D eigenvalue weighted by molar-refractivity contribution is -0.156. The van der Waals surface area contributed by atoms with E-state index in [2.05, 4.69) is 19.6 Å². The second kappa shape index (κ2) is 4.22. The van der Waals surface area contributed by atoms with Crippen LogP contribution in [0.4, 0.5) is 0 Å². The number of methoxy groups -OCH3 is 1. The summed E-state index contributed by atoms with van der Waals surface area (Å²) in [4.78, 5) is 23.4. The average molecular weight is 268 g/mol. The Morgan fingerprint density at radius 1 is 1.11 bits per heavy atom. The molecular formula is C13H20O4Si. The van der Waals surface area contributed by atoms with E-state index in [-0.39, 0.29) is 17.8 Å². The fourth-order valence-corrected chi connectivity index (χ4v) is 6.78. The molecule has 0 amide bonds. The molecule has 1 N–H and O–H groups in total. The number of fused-ring (bicyclic) bond motifs is 2. The van der Waals surface area contributed by atoms with Crippen molar-refractivity contribution in [2.45, 2.75) is 25.2 Å². The third-order valence-corrected chi connectivity index (χ3v) is 7.13. The molecule has 2 bridgehead atoms. The molecule has 0 spiro atoms. The fourth-order valence-electron chi connectivity index (χ4n) is 3.83. The lowest BCUT2D eigenvalue weighted by Gasteiger charge is -2.29. The minimum absolute atomic E-state index is 0.00302. The van der Waals surface area contributed by atoms with Crippen LogP contribution in [0.25, 0.3) is 0 Å². The van der Waals surface area contributed by atoms with Gasteiger partial charge in [-0.15, -0.1) is 0 Å². The molecule has 1 saturated carbocycles. The molecule has 0 aromatic heterocycles. The molecule has 4 nitrogen and oxygen atoms in total. The van der Waals surface area contributed by atoms with Crippen molar-refractivity contribution in [1.82, 2.24) is 0 Å². The number of carbonyl (C=O) groups is 2. The van der Waals surface area contributed by atoms with E-state index in [9.17, 15) is 14.7 Å². The molecular weight excluding hydrogens is 248 g/mol. The molecule has 0 aliphatic heterocycles. The van der Waals surface area contributed by atoms with Crippen molar-refractivity contribution in [3.05, 3.63) is 12.2 Å². The minimum atomic E-state index is -1.51. The quantitative estimate of drug-likeness (QED) is 0.483. The molecule has 0 radical (unpaired) electrons. The summed E-state index contributed by atoms with van der Waals surface area (Å²) in [6.45, 7) is 6.72. The largest absolute Gasteiger partial charge is 0.481 e. The Balaban J connectivity index is 2.40. The average Bonchev–Trinajstić information content (AvgIpc) is 2.81. The van der Waals surface area contributed by atoms with Gasteiger partial charge < -0.3 is 9.84 Å². The van der Waals surface area contributed by atoms with Crippen molar-refractivity contribution in [3.8, 4) is 0 Å². The van der Waals surface area contributed by atoms with Gasteiger partial charge in [0.15, 0.2) is 0 Å². The lowest BCUT2D eigenvalue weighted by Crippen LogP contribution is -2.33. The van der Waals surface area contributed by atoms with Crippen LogP contribution in [0.2, 0.25) is 25.2 Å². The summed E-state index contributed by atoms with van der Waals surface area (Å²) in [5, 5.41) is 9.41. The van der Waals surface area contributed by atoms with E-state index in [1.54, 1.807) is 0 Å². The zero-order valence-corrected chi connectivity index (χ0v) is 12.2.